The lowest BCUT2D eigenvalue weighted by Crippen LogP contribution is -2.48. The highest BCUT2D eigenvalue weighted by Gasteiger charge is 2.36. The molecular weight excluding hydrogens is 388 g/mol. The van der Waals surface area contributed by atoms with E-state index in [1.54, 1.807) is 12.1 Å². The molecule has 1 aliphatic rings. The zero-order valence-electron chi connectivity index (χ0n) is 17.1. The predicted molar refractivity (Wildman–Crippen MR) is 116 cm³/mol. The van der Waals surface area contributed by atoms with Gasteiger partial charge in [-0.15, -0.1) is 0 Å². The van der Waals surface area contributed by atoms with E-state index in [1.165, 1.54) is 20.3 Å². The third-order valence-corrected chi connectivity index (χ3v) is 5.33. The first-order chi connectivity index (χ1) is 13.8. The van der Waals surface area contributed by atoms with Crippen molar-refractivity contribution in [3.05, 3.63) is 64.4 Å². The van der Waals surface area contributed by atoms with Gasteiger partial charge in [0, 0.05) is 5.70 Å². The van der Waals surface area contributed by atoms with Crippen LogP contribution in [0, 0.1) is 13.8 Å². The Bertz CT molecular complexity index is 1020. The fourth-order valence-electron chi connectivity index (χ4n) is 3.49. The molecule has 2 aromatic rings. The molecule has 29 heavy (non-hydrogen) atoms. The highest BCUT2D eigenvalue weighted by Crippen LogP contribution is 2.38. The minimum absolute atomic E-state index is 0.0203. The fourth-order valence-corrected chi connectivity index (χ4v) is 3.84. The maximum absolute atomic E-state index is 12.7. The van der Waals surface area contributed by atoms with Gasteiger partial charge in [0.05, 0.1) is 31.5 Å². The number of aromatic hydroxyl groups is 1. The molecule has 0 saturated heterocycles. The normalized spacial score (nSPS) is 16.5. The summed E-state index contributed by atoms with van der Waals surface area (Å²) in [7, 11) is 2.83. The molecule has 2 aromatic carbocycles. The maximum Gasteiger partial charge on any atom is 0.337 e. The molecule has 3 rings (SSSR count). The quantitative estimate of drug-likeness (QED) is 0.583. The minimum Gasteiger partial charge on any atom is -0.504 e. The predicted octanol–water partition coefficient (Wildman–Crippen LogP) is 3.90. The fraction of sp³-hybridized carbons (Fsp3) is 0.273. The summed E-state index contributed by atoms with van der Waals surface area (Å²) in [5.74, 6) is -0.120. The Kier molecular flexibility index (Phi) is 5.79. The van der Waals surface area contributed by atoms with Gasteiger partial charge in [-0.1, -0.05) is 18.2 Å². The number of allylic oxidation sites excluding steroid dienone is 1. The Labute approximate surface area is 175 Å². The topological polar surface area (TPSA) is 71.0 Å². The Balaban J connectivity index is 2.19. The molecule has 0 spiro atoms. The van der Waals surface area contributed by atoms with Crippen molar-refractivity contribution >= 4 is 29.0 Å². The van der Waals surface area contributed by atoms with Crippen LogP contribution in [0.15, 0.2) is 47.7 Å². The number of phenols is 1. The third kappa shape index (κ3) is 3.78. The van der Waals surface area contributed by atoms with E-state index in [4.69, 9.17) is 21.7 Å². The van der Waals surface area contributed by atoms with Crippen molar-refractivity contribution in [3.63, 3.8) is 0 Å². The zero-order chi connectivity index (χ0) is 21.3. The second kappa shape index (κ2) is 8.13. The van der Waals surface area contributed by atoms with Crippen LogP contribution < -0.4 is 15.0 Å². The van der Waals surface area contributed by atoms with Crippen molar-refractivity contribution in [2.75, 3.05) is 19.1 Å². The number of nitrogens with one attached hydrogen (secondary N) is 1. The van der Waals surface area contributed by atoms with E-state index in [0.717, 1.165) is 22.4 Å². The van der Waals surface area contributed by atoms with Gasteiger partial charge in [0.15, 0.2) is 16.6 Å². The standard InChI is InChI=1S/C22H24N2O4S/c1-12-6-7-13(2)16(10-12)24-14(3)19(21(26)28-5)20(23-22(24)29)15-8-9-17(25)18(11-15)27-4/h6-11,20,25H,1-5H3,(H,23,29). The number of benzene rings is 2. The molecule has 0 saturated carbocycles. The number of phenolic OH excluding ortho intramolecular Hbond substituents is 1. The number of hydrogen-bond donors (Lipinski definition) is 2. The van der Waals surface area contributed by atoms with E-state index >= 15 is 0 Å². The molecule has 0 aromatic heterocycles. The van der Waals surface area contributed by atoms with Crippen LogP contribution in [0.25, 0.3) is 0 Å². The van der Waals surface area contributed by atoms with Crippen molar-refractivity contribution in [1.82, 2.24) is 5.32 Å². The smallest absolute Gasteiger partial charge is 0.337 e. The number of nitrogens with zero attached hydrogens (tertiary/aromatic N) is 1. The minimum atomic E-state index is -0.536. The van der Waals surface area contributed by atoms with Crippen LogP contribution >= 0.6 is 12.2 Å². The number of aryl methyl sites for hydroxylation is 2. The molecule has 1 heterocycles. The largest absolute Gasteiger partial charge is 0.504 e. The van der Waals surface area contributed by atoms with Crippen LogP contribution in [0.1, 0.15) is 29.7 Å². The second-order valence-electron chi connectivity index (χ2n) is 6.93. The van der Waals surface area contributed by atoms with Gasteiger partial charge in [-0.25, -0.2) is 4.79 Å². The molecule has 0 bridgehead atoms. The van der Waals surface area contributed by atoms with Crippen LogP contribution in [0.5, 0.6) is 11.5 Å². The van der Waals surface area contributed by atoms with Gasteiger partial charge in [-0.3, -0.25) is 4.90 Å². The summed E-state index contributed by atoms with van der Waals surface area (Å²) in [6, 6.07) is 10.5. The molecule has 152 valence electrons. The monoisotopic (exact) mass is 412 g/mol. The first-order valence-electron chi connectivity index (χ1n) is 9.12. The van der Waals surface area contributed by atoms with Crippen molar-refractivity contribution < 1.29 is 19.4 Å². The number of carbonyl (C=O) groups excluding carboxylic acids is 1. The third-order valence-electron chi connectivity index (χ3n) is 5.03. The summed E-state index contributed by atoms with van der Waals surface area (Å²) < 4.78 is 10.3. The van der Waals surface area contributed by atoms with Crippen molar-refractivity contribution in [2.24, 2.45) is 0 Å². The number of methoxy groups -OCH3 is 2. The van der Waals surface area contributed by atoms with Crippen molar-refractivity contribution in [2.45, 2.75) is 26.8 Å². The van der Waals surface area contributed by atoms with Crippen molar-refractivity contribution in [3.8, 4) is 11.5 Å². The Morgan fingerprint density at radius 1 is 1.14 bits per heavy atom. The number of anilines is 1. The van der Waals surface area contributed by atoms with Gasteiger partial charge in [-0.05, 0) is 67.9 Å². The van der Waals surface area contributed by atoms with Gasteiger partial charge >= 0.3 is 5.97 Å². The van der Waals surface area contributed by atoms with Gasteiger partial charge in [0.1, 0.15) is 0 Å². The summed E-state index contributed by atoms with van der Waals surface area (Å²) in [6.07, 6.45) is 0. The number of thiocarbonyl (C=S) groups is 1. The summed E-state index contributed by atoms with van der Waals surface area (Å²) in [6.45, 7) is 5.86. The van der Waals surface area contributed by atoms with Gasteiger partial charge < -0.3 is 19.9 Å². The Morgan fingerprint density at radius 2 is 1.86 bits per heavy atom. The molecule has 6 nitrogen and oxygen atoms in total. The molecule has 0 radical (unpaired) electrons. The van der Waals surface area contributed by atoms with Crippen LogP contribution in [0.2, 0.25) is 0 Å². The Hall–Kier alpha value is -3.06. The maximum atomic E-state index is 12.7. The Morgan fingerprint density at radius 3 is 2.52 bits per heavy atom. The average molecular weight is 413 g/mol. The summed E-state index contributed by atoms with van der Waals surface area (Å²) in [5.41, 5.74) is 4.88. The molecule has 1 atom stereocenters. The molecular formula is C22H24N2O4S. The van der Waals surface area contributed by atoms with E-state index in [1.807, 2.05) is 43.9 Å². The average Bonchev–Trinajstić information content (AvgIpc) is 2.70. The first-order valence-corrected chi connectivity index (χ1v) is 9.53. The van der Waals surface area contributed by atoms with Gasteiger partial charge in [-0.2, -0.15) is 0 Å². The molecule has 0 fully saturated rings. The lowest BCUT2D eigenvalue weighted by Gasteiger charge is -2.38. The van der Waals surface area contributed by atoms with Crippen LogP contribution in [0.3, 0.4) is 0 Å². The number of rotatable bonds is 4. The highest BCUT2D eigenvalue weighted by atomic mass is 32.1. The second-order valence-corrected chi connectivity index (χ2v) is 7.32. The van der Waals surface area contributed by atoms with Gasteiger partial charge in [0.25, 0.3) is 0 Å². The number of hydrogen-bond acceptors (Lipinski definition) is 5. The number of esters is 1. The molecule has 1 aliphatic heterocycles. The van der Waals surface area contributed by atoms with Crippen LogP contribution in [-0.4, -0.2) is 30.4 Å². The molecule has 2 N–H and O–H groups in total. The number of ether oxygens (including phenoxy) is 2. The zero-order valence-corrected chi connectivity index (χ0v) is 17.9. The molecule has 7 heteroatoms. The van der Waals surface area contributed by atoms with E-state index in [9.17, 15) is 9.90 Å². The van der Waals surface area contributed by atoms with Gasteiger partial charge in [0.2, 0.25) is 0 Å². The van der Waals surface area contributed by atoms with Crippen LogP contribution in [0.4, 0.5) is 5.69 Å². The van der Waals surface area contributed by atoms with E-state index < -0.39 is 12.0 Å². The first kappa shape index (κ1) is 20.7. The number of carbonyl (C=O) groups is 1. The lowest BCUT2D eigenvalue weighted by molar-refractivity contribution is -0.136. The SMILES string of the molecule is COC(=O)C1=C(C)N(c2cc(C)ccc2C)C(=S)NC1c1ccc(O)c(OC)c1. The molecule has 1 unspecified atom stereocenters. The van der Waals surface area contributed by atoms with Crippen LogP contribution in [-0.2, 0) is 9.53 Å². The van der Waals surface area contributed by atoms with Crippen molar-refractivity contribution in [1.29, 1.82) is 0 Å². The summed E-state index contributed by atoms with van der Waals surface area (Å²) in [4.78, 5) is 14.6. The van der Waals surface area contributed by atoms with E-state index in [0.29, 0.717) is 22.1 Å². The lowest BCUT2D eigenvalue weighted by atomic mass is 9.94. The summed E-state index contributed by atoms with van der Waals surface area (Å²) in [5, 5.41) is 13.7. The molecule has 0 aliphatic carbocycles. The van der Waals surface area contributed by atoms with E-state index in [-0.39, 0.29) is 5.75 Å². The molecule has 0 amide bonds. The summed E-state index contributed by atoms with van der Waals surface area (Å²) >= 11 is 5.68. The highest BCUT2D eigenvalue weighted by molar-refractivity contribution is 7.80. The van der Waals surface area contributed by atoms with E-state index in [2.05, 4.69) is 5.32 Å².